The van der Waals surface area contributed by atoms with E-state index in [4.69, 9.17) is 0 Å². The summed E-state index contributed by atoms with van der Waals surface area (Å²) in [6, 6.07) is 7.70. The molecule has 0 radical (unpaired) electrons. The Morgan fingerprint density at radius 1 is 1.33 bits per heavy atom. The fourth-order valence-corrected chi connectivity index (χ4v) is 2.15. The number of halogens is 1. The topological polar surface area (TPSA) is 45.2 Å². The van der Waals surface area contributed by atoms with Crippen molar-refractivity contribution >= 4 is 17.3 Å². The van der Waals surface area contributed by atoms with Crippen molar-refractivity contribution in [1.29, 1.82) is 0 Å². The van der Waals surface area contributed by atoms with Gasteiger partial charge in [0.2, 0.25) is 0 Å². The van der Waals surface area contributed by atoms with Gasteiger partial charge in [-0.15, -0.1) is 0 Å². The Morgan fingerprint density at radius 2 is 2.00 bits per heavy atom. The van der Waals surface area contributed by atoms with Crippen molar-refractivity contribution in [1.82, 2.24) is 4.98 Å². The van der Waals surface area contributed by atoms with Crippen LogP contribution in [0.25, 0.3) is 0 Å². The van der Waals surface area contributed by atoms with Gasteiger partial charge in [0.1, 0.15) is 5.82 Å². The van der Waals surface area contributed by atoms with Gasteiger partial charge in [0.15, 0.2) is 0 Å². The Labute approximate surface area is 123 Å². The third kappa shape index (κ3) is 3.18. The van der Waals surface area contributed by atoms with Gasteiger partial charge in [-0.1, -0.05) is 0 Å². The van der Waals surface area contributed by atoms with Crippen LogP contribution in [0.4, 0.5) is 15.8 Å². The van der Waals surface area contributed by atoms with Crippen molar-refractivity contribution in [2.24, 2.45) is 0 Å². The summed E-state index contributed by atoms with van der Waals surface area (Å²) >= 11 is 0. The van der Waals surface area contributed by atoms with Gasteiger partial charge in [-0.3, -0.25) is 9.78 Å². The Hall–Kier alpha value is -2.43. The second-order valence-corrected chi connectivity index (χ2v) is 4.65. The number of nitrogens with one attached hydrogen (secondary N) is 1. The van der Waals surface area contributed by atoms with E-state index in [2.05, 4.69) is 10.3 Å². The number of benzene rings is 1. The summed E-state index contributed by atoms with van der Waals surface area (Å²) in [4.78, 5) is 18.5. The number of hydrogen-bond donors (Lipinski definition) is 1. The maximum Gasteiger partial charge on any atom is 0.261 e. The molecule has 0 aliphatic heterocycles. The molecular weight excluding hydrogens is 269 g/mol. The van der Waals surface area contributed by atoms with E-state index >= 15 is 0 Å². The van der Waals surface area contributed by atoms with Crippen LogP contribution in [-0.4, -0.2) is 24.5 Å². The van der Waals surface area contributed by atoms with E-state index in [1.54, 1.807) is 30.3 Å². The molecule has 1 amide bonds. The first-order valence-electron chi connectivity index (χ1n) is 6.78. The second kappa shape index (κ2) is 6.35. The normalized spacial score (nSPS) is 10.3. The molecule has 0 saturated carbocycles. The summed E-state index contributed by atoms with van der Waals surface area (Å²) in [6.07, 6.45) is 1.57. The van der Waals surface area contributed by atoms with Crippen LogP contribution in [0.1, 0.15) is 23.0 Å². The number of rotatable bonds is 4. The highest BCUT2D eigenvalue weighted by Gasteiger charge is 2.19. The summed E-state index contributed by atoms with van der Waals surface area (Å²) in [5, 5.41) is 3.01. The lowest BCUT2D eigenvalue weighted by Gasteiger charge is -2.22. The number of amides is 1. The Balaban J connectivity index is 2.39. The summed E-state index contributed by atoms with van der Waals surface area (Å²) in [5.74, 6) is -0.490. The molecule has 2 aromatic rings. The lowest BCUT2D eigenvalue weighted by atomic mass is 10.1. The van der Waals surface area contributed by atoms with Crippen LogP contribution in [0.15, 0.2) is 36.5 Å². The molecule has 0 saturated heterocycles. The summed E-state index contributed by atoms with van der Waals surface area (Å²) < 4.78 is 13.0. The van der Waals surface area contributed by atoms with E-state index in [1.807, 2.05) is 19.9 Å². The zero-order valence-electron chi connectivity index (χ0n) is 12.4. The van der Waals surface area contributed by atoms with Crippen molar-refractivity contribution in [3.05, 3.63) is 53.6 Å². The highest BCUT2D eigenvalue weighted by Crippen LogP contribution is 2.22. The molecular formula is C16H18FN3O. The van der Waals surface area contributed by atoms with Gasteiger partial charge in [-0.25, -0.2) is 4.39 Å². The lowest BCUT2D eigenvalue weighted by Crippen LogP contribution is -2.31. The standard InChI is InChI=1S/C16H18FN3O/c1-4-20(13-7-5-12(17)6-8-13)16(21)14-10-19-11(2)9-15(14)18-3/h5-10H,4H2,1-3H3,(H,18,19). The van der Waals surface area contributed by atoms with Gasteiger partial charge >= 0.3 is 0 Å². The minimum Gasteiger partial charge on any atom is -0.387 e. The first-order valence-corrected chi connectivity index (χ1v) is 6.78. The average molecular weight is 287 g/mol. The van der Waals surface area contributed by atoms with Crippen molar-refractivity contribution < 1.29 is 9.18 Å². The van der Waals surface area contributed by atoms with Crippen LogP contribution < -0.4 is 10.2 Å². The number of pyridine rings is 1. The molecule has 0 unspecified atom stereocenters. The molecule has 0 aliphatic rings. The molecule has 1 heterocycles. The minimum absolute atomic E-state index is 0.166. The maximum absolute atomic E-state index is 13.0. The molecule has 0 aliphatic carbocycles. The van der Waals surface area contributed by atoms with Crippen molar-refractivity contribution in [3.63, 3.8) is 0 Å². The van der Waals surface area contributed by atoms with Crippen molar-refractivity contribution in [3.8, 4) is 0 Å². The molecule has 0 bridgehead atoms. The van der Waals surface area contributed by atoms with E-state index in [1.165, 1.54) is 12.1 Å². The van der Waals surface area contributed by atoms with Gasteiger partial charge in [0, 0.05) is 31.2 Å². The van der Waals surface area contributed by atoms with E-state index in [-0.39, 0.29) is 11.7 Å². The van der Waals surface area contributed by atoms with Crippen LogP contribution in [0.5, 0.6) is 0 Å². The van der Waals surface area contributed by atoms with Gasteiger partial charge in [-0.2, -0.15) is 0 Å². The highest BCUT2D eigenvalue weighted by atomic mass is 19.1. The Kier molecular flexibility index (Phi) is 4.52. The largest absolute Gasteiger partial charge is 0.387 e. The number of aryl methyl sites for hydroxylation is 1. The first kappa shape index (κ1) is 15.0. The third-order valence-corrected chi connectivity index (χ3v) is 3.24. The number of anilines is 2. The zero-order valence-corrected chi connectivity index (χ0v) is 12.4. The molecule has 4 nitrogen and oxygen atoms in total. The summed E-state index contributed by atoms with van der Waals surface area (Å²) in [7, 11) is 1.76. The van der Waals surface area contributed by atoms with Gasteiger partial charge in [-0.05, 0) is 44.2 Å². The predicted octanol–water partition coefficient (Wildman–Crippen LogP) is 3.24. The fraction of sp³-hybridized carbons (Fsp3) is 0.250. The second-order valence-electron chi connectivity index (χ2n) is 4.65. The molecule has 0 spiro atoms. The van der Waals surface area contributed by atoms with Crippen LogP contribution >= 0.6 is 0 Å². The van der Waals surface area contributed by atoms with Crippen LogP contribution in [-0.2, 0) is 0 Å². The number of nitrogens with zero attached hydrogens (tertiary/aromatic N) is 2. The average Bonchev–Trinajstić information content (AvgIpc) is 2.49. The smallest absolute Gasteiger partial charge is 0.261 e. The summed E-state index contributed by atoms with van der Waals surface area (Å²) in [6.45, 7) is 4.23. The molecule has 0 fully saturated rings. The molecule has 1 aromatic carbocycles. The van der Waals surface area contributed by atoms with E-state index in [0.717, 1.165) is 11.4 Å². The third-order valence-electron chi connectivity index (χ3n) is 3.24. The Bertz CT molecular complexity index is 640. The highest BCUT2D eigenvalue weighted by molar-refractivity contribution is 6.09. The van der Waals surface area contributed by atoms with Gasteiger partial charge in [0.05, 0.1) is 11.3 Å². The van der Waals surface area contributed by atoms with Gasteiger partial charge in [0.25, 0.3) is 5.91 Å². The van der Waals surface area contributed by atoms with Crippen LogP contribution in [0.2, 0.25) is 0 Å². The number of carbonyl (C=O) groups is 1. The maximum atomic E-state index is 13.0. The monoisotopic (exact) mass is 287 g/mol. The quantitative estimate of drug-likeness (QED) is 0.939. The molecule has 0 atom stereocenters. The molecule has 1 N–H and O–H groups in total. The number of carbonyl (C=O) groups excluding carboxylic acids is 1. The van der Waals surface area contributed by atoms with Crippen LogP contribution in [0.3, 0.4) is 0 Å². The lowest BCUT2D eigenvalue weighted by molar-refractivity contribution is 0.0988. The predicted molar refractivity (Wildman–Crippen MR) is 82.3 cm³/mol. The molecule has 110 valence electrons. The zero-order chi connectivity index (χ0) is 15.4. The molecule has 1 aromatic heterocycles. The molecule has 2 rings (SSSR count). The van der Waals surface area contributed by atoms with Crippen molar-refractivity contribution in [2.45, 2.75) is 13.8 Å². The van der Waals surface area contributed by atoms with Crippen molar-refractivity contribution in [2.75, 3.05) is 23.8 Å². The van der Waals surface area contributed by atoms with Gasteiger partial charge < -0.3 is 10.2 Å². The Morgan fingerprint density at radius 3 is 2.57 bits per heavy atom. The van der Waals surface area contributed by atoms with E-state index < -0.39 is 0 Å². The number of hydrogen-bond acceptors (Lipinski definition) is 3. The first-order chi connectivity index (χ1) is 10.1. The van der Waals surface area contributed by atoms with E-state index in [9.17, 15) is 9.18 Å². The number of aromatic nitrogens is 1. The summed E-state index contributed by atoms with van der Waals surface area (Å²) in [5.41, 5.74) is 2.72. The van der Waals surface area contributed by atoms with E-state index in [0.29, 0.717) is 17.8 Å². The fourth-order valence-electron chi connectivity index (χ4n) is 2.15. The molecule has 21 heavy (non-hydrogen) atoms. The SMILES string of the molecule is CCN(C(=O)c1cnc(C)cc1NC)c1ccc(F)cc1. The van der Waals surface area contributed by atoms with Crippen LogP contribution in [0, 0.1) is 12.7 Å². The molecule has 5 heteroatoms. The minimum atomic E-state index is -0.324.